The lowest BCUT2D eigenvalue weighted by Crippen LogP contribution is -1.86. The summed E-state index contributed by atoms with van der Waals surface area (Å²) in [7, 11) is 0. The van der Waals surface area contributed by atoms with Crippen molar-refractivity contribution < 1.29 is 0 Å². The smallest absolute Gasteiger partial charge is 0.117 e. The first-order chi connectivity index (χ1) is 7.20. The maximum absolute atomic E-state index is 7.18. The molecule has 0 aromatic carbocycles. The van der Waals surface area contributed by atoms with Crippen LogP contribution in [0.3, 0.4) is 0 Å². The number of nitrogens with one attached hydrogen (secondary N) is 1. The Morgan fingerprint density at radius 3 is 2.80 bits per heavy atom. The maximum atomic E-state index is 7.18. The number of rotatable bonds is 4. The van der Waals surface area contributed by atoms with Crippen LogP contribution in [-0.2, 0) is 0 Å². The van der Waals surface area contributed by atoms with Gasteiger partial charge in [-0.3, -0.25) is 5.41 Å². The third-order valence-corrected chi connectivity index (χ3v) is 1.51. The Kier molecular flexibility index (Phi) is 7.99. The van der Waals surface area contributed by atoms with E-state index in [-0.39, 0.29) is 5.84 Å². The van der Waals surface area contributed by atoms with Crippen LogP contribution in [-0.4, -0.2) is 12.1 Å². The lowest BCUT2D eigenvalue weighted by molar-refractivity contribution is 0.983. The molecule has 2 nitrogen and oxygen atoms in total. The molecule has 0 aliphatic heterocycles. The molecule has 0 aliphatic rings. The van der Waals surface area contributed by atoms with Gasteiger partial charge in [-0.2, -0.15) is 0 Å². The van der Waals surface area contributed by atoms with E-state index in [1.54, 1.807) is 13.1 Å². The zero-order valence-electron chi connectivity index (χ0n) is 9.51. The van der Waals surface area contributed by atoms with Gasteiger partial charge in [-0.25, -0.2) is 4.99 Å². The number of unbranched alkanes of at least 4 members (excludes halogenated alkanes) is 1. The second-order valence-corrected chi connectivity index (χ2v) is 3.08. The van der Waals surface area contributed by atoms with Crippen LogP contribution in [0, 0.1) is 17.3 Å². The van der Waals surface area contributed by atoms with Gasteiger partial charge in [0.2, 0.25) is 0 Å². The molecule has 0 aliphatic carbocycles. The average Bonchev–Trinajstić information content (AvgIpc) is 2.21. The molecule has 1 N–H and O–H groups in total. The molecule has 15 heavy (non-hydrogen) atoms. The summed E-state index contributed by atoms with van der Waals surface area (Å²) < 4.78 is 0. The van der Waals surface area contributed by atoms with E-state index in [0.29, 0.717) is 0 Å². The number of amidine groups is 1. The number of allylic oxidation sites excluding steroid dienone is 3. The Bertz CT molecular complexity index is 324. The van der Waals surface area contributed by atoms with Gasteiger partial charge in [0.25, 0.3) is 0 Å². The minimum Gasteiger partial charge on any atom is -0.287 e. The molecular formula is C13H18N2. The van der Waals surface area contributed by atoms with Crippen molar-refractivity contribution in [2.45, 2.75) is 33.1 Å². The predicted octanol–water partition coefficient (Wildman–Crippen LogP) is 3.36. The fourth-order valence-corrected chi connectivity index (χ4v) is 0.802. The van der Waals surface area contributed by atoms with E-state index >= 15 is 0 Å². The summed E-state index contributed by atoms with van der Waals surface area (Å²) >= 11 is 0. The SMILES string of the molecule is C=CC/C=C(C#CCCC)\C=N/C(C)=N. The van der Waals surface area contributed by atoms with Crippen LogP contribution in [0.1, 0.15) is 33.1 Å². The van der Waals surface area contributed by atoms with Crippen molar-refractivity contribution >= 4 is 12.1 Å². The van der Waals surface area contributed by atoms with Crippen LogP contribution < -0.4 is 0 Å². The average molecular weight is 202 g/mol. The normalized spacial score (nSPS) is 10.9. The Labute approximate surface area is 92.3 Å². The molecule has 0 aromatic rings. The van der Waals surface area contributed by atoms with Gasteiger partial charge in [-0.15, -0.1) is 6.58 Å². The molecule has 0 aromatic heterocycles. The first kappa shape index (κ1) is 13.4. The van der Waals surface area contributed by atoms with E-state index in [2.05, 4.69) is 30.3 Å². The molecule has 0 rings (SSSR count). The van der Waals surface area contributed by atoms with Crippen molar-refractivity contribution in [1.29, 1.82) is 5.41 Å². The van der Waals surface area contributed by atoms with Gasteiger partial charge in [-0.05, 0) is 19.8 Å². The summed E-state index contributed by atoms with van der Waals surface area (Å²) in [5.41, 5.74) is 0.856. The highest BCUT2D eigenvalue weighted by Crippen LogP contribution is 1.94. The molecule has 80 valence electrons. The third kappa shape index (κ3) is 8.70. The van der Waals surface area contributed by atoms with Gasteiger partial charge in [0.1, 0.15) is 5.84 Å². The van der Waals surface area contributed by atoms with E-state index in [0.717, 1.165) is 24.8 Å². The molecule has 0 saturated carbocycles. The predicted molar refractivity (Wildman–Crippen MR) is 67.5 cm³/mol. The highest BCUT2D eigenvalue weighted by molar-refractivity contribution is 5.94. The second-order valence-electron chi connectivity index (χ2n) is 3.08. The van der Waals surface area contributed by atoms with Crippen molar-refractivity contribution in [2.75, 3.05) is 0 Å². The zero-order valence-corrected chi connectivity index (χ0v) is 9.51. The topological polar surface area (TPSA) is 36.2 Å². The quantitative estimate of drug-likeness (QED) is 0.314. The summed E-state index contributed by atoms with van der Waals surface area (Å²) in [6.07, 6.45) is 8.13. The van der Waals surface area contributed by atoms with Gasteiger partial charge in [0, 0.05) is 18.2 Å². The minimum atomic E-state index is 0.289. The van der Waals surface area contributed by atoms with Gasteiger partial charge in [0.05, 0.1) is 0 Å². The molecule has 0 atom stereocenters. The molecule has 0 fully saturated rings. The standard InChI is InChI=1S/C13H18N2/c1-4-6-8-10-13(9-7-5-2)11-15-12(3)14/h5,9,11,14H,2,4,6-7H2,1,3H3/b13-9-,14-12?,15-11-. The van der Waals surface area contributed by atoms with Crippen LogP contribution in [0.25, 0.3) is 0 Å². The van der Waals surface area contributed by atoms with Crippen molar-refractivity contribution in [3.8, 4) is 11.8 Å². The molecule has 0 saturated heterocycles. The third-order valence-electron chi connectivity index (χ3n) is 1.51. The summed E-state index contributed by atoms with van der Waals surface area (Å²) in [6.45, 7) is 7.38. The summed E-state index contributed by atoms with van der Waals surface area (Å²) in [5.74, 6) is 6.37. The van der Waals surface area contributed by atoms with Crippen LogP contribution >= 0.6 is 0 Å². The Morgan fingerprint density at radius 1 is 1.53 bits per heavy atom. The van der Waals surface area contributed by atoms with E-state index in [1.165, 1.54) is 0 Å². The lowest BCUT2D eigenvalue weighted by atomic mass is 10.2. The number of hydrogen-bond donors (Lipinski definition) is 1. The Hall–Kier alpha value is -1.62. The number of nitrogens with zero attached hydrogens (tertiary/aromatic N) is 1. The summed E-state index contributed by atoms with van der Waals surface area (Å²) in [6, 6.07) is 0. The maximum Gasteiger partial charge on any atom is 0.117 e. The fourth-order valence-electron chi connectivity index (χ4n) is 0.802. The second kappa shape index (κ2) is 8.96. The zero-order chi connectivity index (χ0) is 11.5. The van der Waals surface area contributed by atoms with Crippen LogP contribution in [0.5, 0.6) is 0 Å². The van der Waals surface area contributed by atoms with Crippen molar-refractivity contribution in [3.05, 3.63) is 24.3 Å². The summed E-state index contributed by atoms with van der Waals surface area (Å²) in [4.78, 5) is 3.91. The van der Waals surface area contributed by atoms with Crippen molar-refractivity contribution in [3.63, 3.8) is 0 Å². The highest BCUT2D eigenvalue weighted by Gasteiger charge is 1.86. The first-order valence-corrected chi connectivity index (χ1v) is 5.09. The van der Waals surface area contributed by atoms with Crippen LogP contribution in [0.15, 0.2) is 29.3 Å². The fraction of sp³-hybridized carbons (Fsp3) is 0.385. The first-order valence-electron chi connectivity index (χ1n) is 5.09. The van der Waals surface area contributed by atoms with Gasteiger partial charge < -0.3 is 0 Å². The summed E-state index contributed by atoms with van der Waals surface area (Å²) in [5, 5.41) is 7.18. The number of aliphatic imine (C=N–C) groups is 1. The molecule has 0 heterocycles. The van der Waals surface area contributed by atoms with Crippen molar-refractivity contribution in [1.82, 2.24) is 0 Å². The molecule has 0 unspecified atom stereocenters. The number of hydrogen-bond acceptors (Lipinski definition) is 1. The van der Waals surface area contributed by atoms with Crippen molar-refractivity contribution in [2.24, 2.45) is 4.99 Å². The highest BCUT2D eigenvalue weighted by atomic mass is 14.8. The Balaban J connectivity index is 4.53. The molecule has 0 radical (unpaired) electrons. The van der Waals surface area contributed by atoms with E-state index < -0.39 is 0 Å². The molecular weight excluding hydrogens is 184 g/mol. The van der Waals surface area contributed by atoms with E-state index in [9.17, 15) is 0 Å². The lowest BCUT2D eigenvalue weighted by Gasteiger charge is -1.89. The minimum absolute atomic E-state index is 0.289. The largest absolute Gasteiger partial charge is 0.287 e. The van der Waals surface area contributed by atoms with E-state index in [1.807, 2.05) is 12.2 Å². The molecule has 0 spiro atoms. The Morgan fingerprint density at radius 2 is 2.27 bits per heavy atom. The van der Waals surface area contributed by atoms with Gasteiger partial charge in [0.15, 0.2) is 0 Å². The molecule has 0 amide bonds. The molecule has 2 heteroatoms. The van der Waals surface area contributed by atoms with Crippen LogP contribution in [0.4, 0.5) is 0 Å². The van der Waals surface area contributed by atoms with Gasteiger partial charge in [-0.1, -0.05) is 30.9 Å². The van der Waals surface area contributed by atoms with Crippen LogP contribution in [0.2, 0.25) is 0 Å². The molecule has 0 bridgehead atoms. The van der Waals surface area contributed by atoms with Gasteiger partial charge >= 0.3 is 0 Å². The monoisotopic (exact) mass is 202 g/mol. The van der Waals surface area contributed by atoms with E-state index in [4.69, 9.17) is 5.41 Å².